The summed E-state index contributed by atoms with van der Waals surface area (Å²) in [6, 6.07) is 8.31. The summed E-state index contributed by atoms with van der Waals surface area (Å²) >= 11 is 0. The van der Waals surface area contributed by atoms with E-state index in [0.29, 0.717) is 0 Å². The number of nitrogens with zero attached hydrogens (tertiary/aromatic N) is 1. The van der Waals surface area contributed by atoms with E-state index >= 15 is 0 Å². The summed E-state index contributed by atoms with van der Waals surface area (Å²) in [7, 11) is 0. The third-order valence-electron chi connectivity index (χ3n) is 2.64. The Balaban J connectivity index is 2.56. The van der Waals surface area contributed by atoms with Crippen LogP contribution in [0.1, 0.15) is 30.6 Å². The topological polar surface area (TPSA) is 22.0 Å². The molecule has 2 nitrogen and oxygen atoms in total. The average Bonchev–Trinajstić information content (AvgIpc) is 2.61. The van der Waals surface area contributed by atoms with Crippen molar-refractivity contribution in [3.05, 3.63) is 36.0 Å². The van der Waals surface area contributed by atoms with Gasteiger partial charge in [0.1, 0.15) is 0 Å². The maximum atomic E-state index is 11.4. The molecule has 15 heavy (non-hydrogen) atoms. The normalized spacial score (nSPS) is 10.8. The van der Waals surface area contributed by atoms with Gasteiger partial charge in [0.25, 0.3) is 0 Å². The molecule has 1 aromatic heterocycles. The fourth-order valence-corrected chi connectivity index (χ4v) is 1.89. The molecule has 0 N–H and O–H groups in total. The third-order valence-corrected chi connectivity index (χ3v) is 2.64. The van der Waals surface area contributed by atoms with E-state index in [9.17, 15) is 4.79 Å². The maximum absolute atomic E-state index is 11.4. The number of carbonyl (C=O) groups excluding carboxylic acids is 1. The zero-order valence-corrected chi connectivity index (χ0v) is 9.16. The van der Waals surface area contributed by atoms with Crippen LogP contribution < -0.4 is 0 Å². The average molecular weight is 201 g/mol. The second kappa shape index (κ2) is 3.89. The van der Waals surface area contributed by atoms with Crippen LogP contribution in [0.15, 0.2) is 30.5 Å². The lowest BCUT2D eigenvalue weighted by Gasteiger charge is -2.02. The Morgan fingerprint density at radius 1 is 1.33 bits per heavy atom. The SMILES string of the molecule is CCCc1ccc2ccn(C(C)=O)c2c1. The smallest absolute Gasteiger partial charge is 0.227 e. The van der Waals surface area contributed by atoms with Gasteiger partial charge in [-0.1, -0.05) is 25.5 Å². The predicted octanol–water partition coefficient (Wildman–Crippen LogP) is 3.25. The van der Waals surface area contributed by atoms with Gasteiger partial charge in [0.05, 0.1) is 5.52 Å². The Morgan fingerprint density at radius 2 is 2.13 bits per heavy atom. The van der Waals surface area contributed by atoms with Crippen LogP contribution in [0.25, 0.3) is 10.9 Å². The monoisotopic (exact) mass is 201 g/mol. The largest absolute Gasteiger partial charge is 0.287 e. The molecule has 0 radical (unpaired) electrons. The highest BCUT2D eigenvalue weighted by molar-refractivity contribution is 5.91. The van der Waals surface area contributed by atoms with Gasteiger partial charge in [0.15, 0.2) is 0 Å². The number of carbonyl (C=O) groups is 1. The summed E-state index contributed by atoms with van der Waals surface area (Å²) in [6.07, 6.45) is 4.04. The van der Waals surface area contributed by atoms with E-state index in [0.717, 1.165) is 23.7 Å². The van der Waals surface area contributed by atoms with Crippen molar-refractivity contribution in [1.82, 2.24) is 4.57 Å². The van der Waals surface area contributed by atoms with E-state index in [4.69, 9.17) is 0 Å². The van der Waals surface area contributed by atoms with Crippen molar-refractivity contribution in [3.63, 3.8) is 0 Å². The van der Waals surface area contributed by atoms with Crippen LogP contribution in [0.5, 0.6) is 0 Å². The first-order valence-electron chi connectivity index (χ1n) is 5.33. The molecule has 0 aliphatic rings. The lowest BCUT2D eigenvalue weighted by atomic mass is 10.1. The number of rotatable bonds is 2. The molecule has 0 spiro atoms. The third kappa shape index (κ3) is 1.80. The van der Waals surface area contributed by atoms with Crippen molar-refractivity contribution in [2.45, 2.75) is 26.7 Å². The van der Waals surface area contributed by atoms with Crippen LogP contribution in [0, 0.1) is 0 Å². The molecule has 0 aliphatic carbocycles. The molecule has 0 atom stereocenters. The van der Waals surface area contributed by atoms with Crippen molar-refractivity contribution in [2.24, 2.45) is 0 Å². The minimum absolute atomic E-state index is 0.0682. The summed E-state index contributed by atoms with van der Waals surface area (Å²) in [5, 5.41) is 1.13. The first-order chi connectivity index (χ1) is 7.22. The standard InChI is InChI=1S/C13H15NO/c1-3-4-11-5-6-12-7-8-14(10(2)15)13(12)9-11/h5-9H,3-4H2,1-2H3. The van der Waals surface area contributed by atoms with E-state index in [1.807, 2.05) is 12.3 Å². The predicted molar refractivity (Wildman–Crippen MR) is 62.2 cm³/mol. The zero-order chi connectivity index (χ0) is 10.8. The van der Waals surface area contributed by atoms with Gasteiger partial charge in [0, 0.05) is 18.5 Å². The summed E-state index contributed by atoms with van der Waals surface area (Å²) in [5.74, 6) is 0.0682. The number of hydrogen-bond donors (Lipinski definition) is 0. The Morgan fingerprint density at radius 3 is 2.80 bits per heavy atom. The molecular weight excluding hydrogens is 186 g/mol. The van der Waals surface area contributed by atoms with Gasteiger partial charge >= 0.3 is 0 Å². The lowest BCUT2D eigenvalue weighted by Crippen LogP contribution is -2.03. The van der Waals surface area contributed by atoms with E-state index in [1.54, 1.807) is 11.5 Å². The zero-order valence-electron chi connectivity index (χ0n) is 9.16. The maximum Gasteiger partial charge on any atom is 0.227 e. The van der Waals surface area contributed by atoms with E-state index < -0.39 is 0 Å². The van der Waals surface area contributed by atoms with E-state index in [-0.39, 0.29) is 5.91 Å². The lowest BCUT2D eigenvalue weighted by molar-refractivity contribution is 0.0941. The molecule has 2 aromatic rings. The molecule has 0 fully saturated rings. The fourth-order valence-electron chi connectivity index (χ4n) is 1.89. The summed E-state index contributed by atoms with van der Waals surface area (Å²) in [4.78, 5) is 11.4. The summed E-state index contributed by atoms with van der Waals surface area (Å²) < 4.78 is 1.70. The van der Waals surface area contributed by atoms with Crippen molar-refractivity contribution in [2.75, 3.05) is 0 Å². The van der Waals surface area contributed by atoms with Crippen LogP contribution >= 0.6 is 0 Å². The minimum atomic E-state index is 0.0682. The van der Waals surface area contributed by atoms with Gasteiger partial charge < -0.3 is 0 Å². The molecule has 0 amide bonds. The minimum Gasteiger partial charge on any atom is -0.287 e. The van der Waals surface area contributed by atoms with Crippen molar-refractivity contribution in [1.29, 1.82) is 0 Å². The van der Waals surface area contributed by atoms with Gasteiger partial charge in [-0.15, -0.1) is 0 Å². The van der Waals surface area contributed by atoms with Gasteiger partial charge in [-0.05, 0) is 24.1 Å². The van der Waals surface area contributed by atoms with Crippen LogP contribution in [-0.2, 0) is 6.42 Å². The van der Waals surface area contributed by atoms with Crippen LogP contribution in [0.4, 0.5) is 0 Å². The number of benzene rings is 1. The van der Waals surface area contributed by atoms with E-state index in [2.05, 4.69) is 25.1 Å². The highest BCUT2D eigenvalue weighted by atomic mass is 16.1. The van der Waals surface area contributed by atoms with Gasteiger partial charge in [-0.2, -0.15) is 0 Å². The molecule has 0 aliphatic heterocycles. The van der Waals surface area contributed by atoms with Crippen molar-refractivity contribution < 1.29 is 4.79 Å². The molecular formula is C13H15NO. The highest BCUT2D eigenvalue weighted by Gasteiger charge is 2.04. The highest BCUT2D eigenvalue weighted by Crippen LogP contribution is 2.18. The number of fused-ring (bicyclic) bond motifs is 1. The molecule has 0 saturated heterocycles. The van der Waals surface area contributed by atoms with Gasteiger partial charge in [0.2, 0.25) is 5.91 Å². The summed E-state index contributed by atoms with van der Waals surface area (Å²) in [6.45, 7) is 3.75. The fraction of sp³-hybridized carbons (Fsp3) is 0.308. The molecule has 2 rings (SSSR count). The van der Waals surface area contributed by atoms with Crippen molar-refractivity contribution in [3.8, 4) is 0 Å². The molecule has 2 heteroatoms. The van der Waals surface area contributed by atoms with E-state index in [1.165, 1.54) is 5.56 Å². The molecule has 0 unspecified atom stereocenters. The Kier molecular flexibility index (Phi) is 2.58. The Bertz CT molecular complexity index is 496. The molecule has 1 heterocycles. The van der Waals surface area contributed by atoms with Crippen LogP contribution in [0.2, 0.25) is 0 Å². The van der Waals surface area contributed by atoms with Crippen LogP contribution in [0.3, 0.4) is 0 Å². The van der Waals surface area contributed by atoms with Crippen LogP contribution in [-0.4, -0.2) is 10.5 Å². The number of aryl methyl sites for hydroxylation is 1. The van der Waals surface area contributed by atoms with Crippen molar-refractivity contribution >= 4 is 16.8 Å². The second-order valence-electron chi connectivity index (χ2n) is 3.85. The first kappa shape index (κ1) is 9.97. The molecule has 0 bridgehead atoms. The Labute approximate surface area is 89.5 Å². The van der Waals surface area contributed by atoms with Gasteiger partial charge in [-0.25, -0.2) is 0 Å². The molecule has 1 aromatic carbocycles. The number of hydrogen-bond acceptors (Lipinski definition) is 1. The molecule has 0 saturated carbocycles. The Hall–Kier alpha value is -1.57. The first-order valence-corrected chi connectivity index (χ1v) is 5.33. The molecule has 78 valence electrons. The van der Waals surface area contributed by atoms with Gasteiger partial charge in [-0.3, -0.25) is 9.36 Å². The quantitative estimate of drug-likeness (QED) is 0.731. The summed E-state index contributed by atoms with van der Waals surface area (Å²) in [5.41, 5.74) is 2.32. The number of aromatic nitrogens is 1. The second-order valence-corrected chi connectivity index (χ2v) is 3.85.